The van der Waals surface area contributed by atoms with Crippen molar-refractivity contribution < 1.29 is 19.0 Å². The molecule has 0 fully saturated rings. The molecule has 0 bridgehead atoms. The molecule has 0 saturated carbocycles. The minimum Gasteiger partial charge on any atom is -0.493 e. The number of aromatic nitrogens is 2. The van der Waals surface area contributed by atoms with Crippen molar-refractivity contribution in [3.63, 3.8) is 0 Å². The highest BCUT2D eigenvalue weighted by Gasteiger charge is 2.17. The minimum atomic E-state index is -0.748. The predicted octanol–water partition coefficient (Wildman–Crippen LogP) is 9.42. The van der Waals surface area contributed by atoms with Crippen molar-refractivity contribution in [2.24, 2.45) is 0 Å². The Balaban J connectivity index is 1.67. The van der Waals surface area contributed by atoms with E-state index in [0.29, 0.717) is 12.4 Å². The second-order valence-corrected chi connectivity index (χ2v) is 10.0. The van der Waals surface area contributed by atoms with E-state index in [4.69, 9.17) is 14.2 Å². The molecule has 0 unspecified atom stereocenters. The van der Waals surface area contributed by atoms with Gasteiger partial charge in [-0.2, -0.15) is 0 Å². The number of carbonyl (C=O) groups is 1. The zero-order valence-electron chi connectivity index (χ0n) is 23.9. The molecule has 39 heavy (non-hydrogen) atoms. The Hall–Kier alpha value is -3.41. The maximum Gasteiger partial charge on any atom is 0.514 e. The molecule has 2 aromatic carbocycles. The van der Waals surface area contributed by atoms with Gasteiger partial charge in [0.25, 0.3) is 0 Å². The number of nitrogens with zero attached hydrogens (tertiary/aromatic N) is 2. The second-order valence-electron chi connectivity index (χ2n) is 10.0. The number of ether oxygens (including phenoxy) is 3. The van der Waals surface area contributed by atoms with E-state index in [1.165, 1.54) is 57.3 Å². The molecule has 0 aliphatic heterocycles. The van der Waals surface area contributed by atoms with Crippen molar-refractivity contribution in [2.45, 2.75) is 97.5 Å². The van der Waals surface area contributed by atoms with Gasteiger partial charge in [-0.05, 0) is 37.0 Å². The molecule has 6 heteroatoms. The van der Waals surface area contributed by atoms with Gasteiger partial charge in [0.2, 0.25) is 0 Å². The van der Waals surface area contributed by atoms with Crippen LogP contribution in [0.5, 0.6) is 11.5 Å². The molecule has 0 saturated heterocycles. The average Bonchev–Trinajstić information content (AvgIpc) is 2.95. The lowest BCUT2D eigenvalue weighted by Gasteiger charge is -2.16. The zero-order chi connectivity index (χ0) is 27.7. The minimum absolute atomic E-state index is 0.203. The third-order valence-electron chi connectivity index (χ3n) is 6.66. The van der Waals surface area contributed by atoms with Crippen LogP contribution in [0.2, 0.25) is 0 Å². The van der Waals surface area contributed by atoms with Gasteiger partial charge in [0.15, 0.2) is 11.6 Å². The van der Waals surface area contributed by atoms with E-state index in [1.807, 2.05) is 44.2 Å². The van der Waals surface area contributed by atoms with Crippen LogP contribution in [-0.2, 0) is 4.74 Å². The Morgan fingerprint density at radius 3 is 2.13 bits per heavy atom. The monoisotopic (exact) mass is 532 g/mol. The smallest absolute Gasteiger partial charge is 0.493 e. The van der Waals surface area contributed by atoms with Crippen LogP contribution in [0.1, 0.15) is 91.4 Å². The number of carbonyl (C=O) groups excluding carboxylic acids is 1. The van der Waals surface area contributed by atoms with Gasteiger partial charge in [-0.15, -0.1) is 0 Å². The van der Waals surface area contributed by atoms with E-state index in [-0.39, 0.29) is 11.9 Å². The lowest BCUT2D eigenvalue weighted by molar-refractivity contribution is 0.0619. The summed E-state index contributed by atoms with van der Waals surface area (Å²) in [5, 5.41) is 0. The largest absolute Gasteiger partial charge is 0.514 e. The Morgan fingerprint density at radius 2 is 1.46 bits per heavy atom. The molecular weight excluding hydrogens is 488 g/mol. The topological polar surface area (TPSA) is 70.5 Å². The molecule has 1 aromatic heterocycles. The van der Waals surface area contributed by atoms with Gasteiger partial charge in [-0.1, -0.05) is 114 Å². The highest BCUT2D eigenvalue weighted by Crippen LogP contribution is 2.38. The predicted molar refractivity (Wildman–Crippen MR) is 157 cm³/mol. The van der Waals surface area contributed by atoms with Crippen LogP contribution >= 0.6 is 0 Å². The third kappa shape index (κ3) is 10.3. The van der Waals surface area contributed by atoms with Crippen molar-refractivity contribution in [1.29, 1.82) is 0 Å². The molecule has 1 heterocycles. The fraction of sp³-hybridized carbons (Fsp3) is 0.485. The summed E-state index contributed by atoms with van der Waals surface area (Å²) in [4.78, 5) is 21.2. The number of benzene rings is 2. The van der Waals surface area contributed by atoms with Crippen molar-refractivity contribution in [3.05, 3.63) is 60.9 Å². The molecule has 0 radical (unpaired) electrons. The number of hydrogen-bond donors (Lipinski definition) is 0. The van der Waals surface area contributed by atoms with Gasteiger partial charge >= 0.3 is 6.16 Å². The van der Waals surface area contributed by atoms with E-state index in [0.717, 1.165) is 48.1 Å². The molecule has 3 aromatic rings. The van der Waals surface area contributed by atoms with E-state index in [9.17, 15) is 4.79 Å². The van der Waals surface area contributed by atoms with E-state index in [1.54, 1.807) is 0 Å². The molecule has 0 N–H and O–H groups in total. The maximum absolute atomic E-state index is 12.1. The number of unbranched alkanes of at least 4 members (excludes halogenated alkanes) is 8. The number of hydrogen-bond acceptors (Lipinski definition) is 6. The highest BCUT2D eigenvalue weighted by molar-refractivity contribution is 5.84. The van der Waals surface area contributed by atoms with Crippen LogP contribution in [0.15, 0.2) is 60.9 Å². The van der Waals surface area contributed by atoms with Crippen LogP contribution < -0.4 is 9.47 Å². The molecule has 210 valence electrons. The van der Waals surface area contributed by atoms with Crippen LogP contribution in [0.4, 0.5) is 4.79 Å². The Bertz CT molecular complexity index is 1100. The summed E-state index contributed by atoms with van der Waals surface area (Å²) in [7, 11) is 0. The van der Waals surface area contributed by atoms with Crippen molar-refractivity contribution in [3.8, 4) is 34.0 Å². The Labute approximate surface area is 234 Å². The summed E-state index contributed by atoms with van der Waals surface area (Å²) in [6.45, 7) is 6.79. The summed E-state index contributed by atoms with van der Waals surface area (Å²) < 4.78 is 16.8. The first kappa shape index (κ1) is 30.1. The lowest BCUT2D eigenvalue weighted by atomic mass is 9.98. The fourth-order valence-corrected chi connectivity index (χ4v) is 4.58. The normalized spacial score (nSPS) is 11.7. The summed E-state index contributed by atoms with van der Waals surface area (Å²) in [6, 6.07) is 16.2. The van der Waals surface area contributed by atoms with Gasteiger partial charge in [-0.25, -0.2) is 14.8 Å². The molecule has 1 atom stereocenters. The first-order valence-electron chi connectivity index (χ1n) is 14.6. The maximum atomic E-state index is 12.1. The van der Waals surface area contributed by atoms with Crippen LogP contribution in [-0.4, -0.2) is 28.8 Å². The first-order chi connectivity index (χ1) is 19.1. The van der Waals surface area contributed by atoms with Crippen LogP contribution in [0.3, 0.4) is 0 Å². The van der Waals surface area contributed by atoms with E-state index >= 15 is 0 Å². The third-order valence-corrected chi connectivity index (χ3v) is 6.66. The molecule has 0 amide bonds. The molecule has 0 aliphatic carbocycles. The summed E-state index contributed by atoms with van der Waals surface area (Å²) in [5.41, 5.74) is 2.87. The summed E-state index contributed by atoms with van der Waals surface area (Å²) in [6.07, 6.45) is 15.2. The van der Waals surface area contributed by atoms with Gasteiger partial charge in [0.1, 0.15) is 11.9 Å². The van der Waals surface area contributed by atoms with Crippen LogP contribution in [0.25, 0.3) is 22.5 Å². The average molecular weight is 533 g/mol. The molecule has 6 nitrogen and oxygen atoms in total. The zero-order valence-corrected chi connectivity index (χ0v) is 23.9. The van der Waals surface area contributed by atoms with Gasteiger partial charge in [0.05, 0.1) is 24.6 Å². The van der Waals surface area contributed by atoms with Gasteiger partial charge < -0.3 is 14.2 Å². The summed E-state index contributed by atoms with van der Waals surface area (Å²) in [5.74, 6) is 1.50. The lowest BCUT2D eigenvalue weighted by Crippen LogP contribution is -2.18. The molecule has 0 aliphatic rings. The fourth-order valence-electron chi connectivity index (χ4n) is 4.58. The van der Waals surface area contributed by atoms with Crippen molar-refractivity contribution in [1.82, 2.24) is 9.97 Å². The van der Waals surface area contributed by atoms with Crippen LogP contribution in [0, 0.1) is 0 Å². The quantitative estimate of drug-likeness (QED) is 0.127. The van der Waals surface area contributed by atoms with E-state index < -0.39 is 6.16 Å². The van der Waals surface area contributed by atoms with Crippen molar-refractivity contribution >= 4 is 6.16 Å². The number of rotatable bonds is 17. The molecule has 3 rings (SSSR count). The standard InChI is InChI=1S/C33H44N2O4/c1-4-6-7-8-9-10-11-12-16-23-37-30-22-17-21-29(27-19-14-13-15-20-27)31(30)32-34-24-28(25-35-32)39-33(36)38-26(3)18-5-2/h13-15,17,19-22,24-26H,4-12,16,18,23H2,1-3H3/t26-/m0/s1. The second kappa shape index (κ2) is 17.2. The highest BCUT2D eigenvalue weighted by atomic mass is 16.7. The molecular formula is C33H44N2O4. The van der Waals surface area contributed by atoms with Gasteiger partial charge in [0, 0.05) is 0 Å². The van der Waals surface area contributed by atoms with E-state index in [2.05, 4.69) is 35.1 Å². The summed E-state index contributed by atoms with van der Waals surface area (Å²) >= 11 is 0. The first-order valence-corrected chi connectivity index (χ1v) is 14.6. The molecule has 0 spiro atoms. The van der Waals surface area contributed by atoms with Gasteiger partial charge in [-0.3, -0.25) is 0 Å². The Morgan fingerprint density at radius 1 is 0.795 bits per heavy atom. The SMILES string of the molecule is CCCCCCCCCCCOc1cccc(-c2ccccc2)c1-c1ncc(OC(=O)O[C@@H](C)CCC)cn1. The Kier molecular flexibility index (Phi) is 13.3. The van der Waals surface area contributed by atoms with Crippen molar-refractivity contribution in [2.75, 3.05) is 6.61 Å².